The smallest absolute Gasteiger partial charge is 0.182 e. The van der Waals surface area contributed by atoms with Crippen molar-refractivity contribution in [1.29, 1.82) is 0 Å². The van der Waals surface area contributed by atoms with E-state index in [4.69, 9.17) is 0 Å². The van der Waals surface area contributed by atoms with Gasteiger partial charge in [0.05, 0.1) is 17.3 Å². The van der Waals surface area contributed by atoms with Gasteiger partial charge >= 0.3 is 0 Å². The number of nitrogens with zero attached hydrogens (tertiary/aromatic N) is 6. The number of aromatic hydroxyl groups is 1. The molecule has 0 atom stereocenters. The summed E-state index contributed by atoms with van der Waals surface area (Å²) >= 11 is 0. The van der Waals surface area contributed by atoms with Gasteiger partial charge in [-0.1, -0.05) is 30.3 Å². The molecule has 25 heavy (non-hydrogen) atoms. The molecule has 0 spiro atoms. The fourth-order valence-electron chi connectivity index (χ4n) is 2.85. The molecule has 1 N–H and O–H groups in total. The predicted molar refractivity (Wildman–Crippen MR) is 92.5 cm³/mol. The van der Waals surface area contributed by atoms with Gasteiger partial charge in [-0.25, -0.2) is 19.2 Å². The van der Waals surface area contributed by atoms with Crippen LogP contribution in [-0.4, -0.2) is 34.5 Å². The SMILES string of the molecule is Oc1cccc(-c2nc3c4cnn(-c5ccccc5)c4ncn3n2)c1. The van der Waals surface area contributed by atoms with Crippen molar-refractivity contribution in [3.63, 3.8) is 0 Å². The molecule has 2 aromatic carbocycles. The number of aromatic nitrogens is 6. The average molecular weight is 328 g/mol. The summed E-state index contributed by atoms with van der Waals surface area (Å²) in [5.41, 5.74) is 3.06. The van der Waals surface area contributed by atoms with Crippen LogP contribution in [-0.2, 0) is 0 Å². The molecule has 7 nitrogen and oxygen atoms in total. The Kier molecular flexibility index (Phi) is 2.81. The van der Waals surface area contributed by atoms with Crippen molar-refractivity contribution >= 4 is 16.7 Å². The van der Waals surface area contributed by atoms with Gasteiger partial charge in [-0.3, -0.25) is 0 Å². The van der Waals surface area contributed by atoms with Crippen LogP contribution in [0.25, 0.3) is 33.8 Å². The molecule has 0 saturated heterocycles. The first kappa shape index (κ1) is 13.7. The molecule has 0 saturated carbocycles. The summed E-state index contributed by atoms with van der Waals surface area (Å²) in [5, 5.41) is 19.4. The number of benzene rings is 2. The number of phenols is 1. The number of fused-ring (bicyclic) bond motifs is 3. The van der Waals surface area contributed by atoms with E-state index < -0.39 is 0 Å². The van der Waals surface area contributed by atoms with E-state index in [1.807, 2.05) is 36.4 Å². The van der Waals surface area contributed by atoms with Gasteiger partial charge in [0.15, 0.2) is 17.1 Å². The minimum atomic E-state index is 0.177. The third-order valence-electron chi connectivity index (χ3n) is 4.01. The van der Waals surface area contributed by atoms with Gasteiger partial charge < -0.3 is 5.11 Å². The Bertz CT molecular complexity index is 1210. The van der Waals surface area contributed by atoms with Crippen molar-refractivity contribution in [3.05, 3.63) is 67.1 Å². The second kappa shape index (κ2) is 5.13. The van der Waals surface area contributed by atoms with Crippen molar-refractivity contribution < 1.29 is 5.11 Å². The fourth-order valence-corrected chi connectivity index (χ4v) is 2.85. The van der Waals surface area contributed by atoms with Crippen LogP contribution in [0.2, 0.25) is 0 Å². The number of rotatable bonds is 2. The first-order valence-electron chi connectivity index (χ1n) is 7.73. The van der Waals surface area contributed by atoms with Gasteiger partial charge in [-0.2, -0.15) is 5.10 Å². The topological polar surface area (TPSA) is 81.1 Å². The molecule has 0 amide bonds. The quantitative estimate of drug-likeness (QED) is 0.539. The van der Waals surface area contributed by atoms with E-state index in [1.54, 1.807) is 39.9 Å². The van der Waals surface area contributed by atoms with Crippen LogP contribution in [0.3, 0.4) is 0 Å². The third kappa shape index (κ3) is 2.13. The summed E-state index contributed by atoms with van der Waals surface area (Å²) in [6.45, 7) is 0. The highest BCUT2D eigenvalue weighted by Gasteiger charge is 2.14. The zero-order chi connectivity index (χ0) is 16.8. The van der Waals surface area contributed by atoms with Gasteiger partial charge in [-0.15, -0.1) is 5.10 Å². The molecule has 3 aromatic heterocycles. The van der Waals surface area contributed by atoms with Crippen LogP contribution in [0.1, 0.15) is 0 Å². The van der Waals surface area contributed by atoms with Crippen LogP contribution in [0, 0.1) is 0 Å². The van der Waals surface area contributed by atoms with Crippen LogP contribution in [0.5, 0.6) is 5.75 Å². The van der Waals surface area contributed by atoms with Gasteiger partial charge in [-0.05, 0) is 24.3 Å². The van der Waals surface area contributed by atoms with E-state index in [1.165, 1.54) is 0 Å². The number of hydrogen-bond acceptors (Lipinski definition) is 5. The maximum Gasteiger partial charge on any atom is 0.182 e. The maximum atomic E-state index is 9.66. The monoisotopic (exact) mass is 328 g/mol. The molecular weight excluding hydrogens is 316 g/mol. The van der Waals surface area contributed by atoms with Crippen LogP contribution >= 0.6 is 0 Å². The third-order valence-corrected chi connectivity index (χ3v) is 4.01. The molecule has 5 rings (SSSR count). The largest absolute Gasteiger partial charge is 0.508 e. The van der Waals surface area contributed by atoms with E-state index in [0.717, 1.165) is 16.6 Å². The molecule has 0 bridgehead atoms. The first-order valence-corrected chi connectivity index (χ1v) is 7.73. The summed E-state index contributed by atoms with van der Waals surface area (Å²) in [4.78, 5) is 9.09. The van der Waals surface area contributed by atoms with E-state index in [9.17, 15) is 5.11 Å². The van der Waals surface area contributed by atoms with Crippen LogP contribution in [0.4, 0.5) is 0 Å². The van der Waals surface area contributed by atoms with E-state index in [-0.39, 0.29) is 5.75 Å². The first-order chi connectivity index (χ1) is 12.3. The predicted octanol–water partition coefficient (Wildman–Crippen LogP) is 2.84. The van der Waals surface area contributed by atoms with Crippen molar-refractivity contribution in [2.45, 2.75) is 0 Å². The highest BCUT2D eigenvalue weighted by Crippen LogP contribution is 2.24. The fraction of sp³-hybridized carbons (Fsp3) is 0. The van der Waals surface area contributed by atoms with Crippen molar-refractivity contribution in [1.82, 2.24) is 29.4 Å². The molecule has 120 valence electrons. The minimum absolute atomic E-state index is 0.177. The molecule has 0 aliphatic rings. The van der Waals surface area contributed by atoms with Crippen LogP contribution in [0.15, 0.2) is 67.1 Å². The van der Waals surface area contributed by atoms with Crippen LogP contribution < -0.4 is 0 Å². The lowest BCUT2D eigenvalue weighted by Gasteiger charge is -2.01. The lowest BCUT2D eigenvalue weighted by atomic mass is 10.2. The molecule has 0 fully saturated rings. The Morgan fingerprint density at radius 2 is 1.80 bits per heavy atom. The van der Waals surface area contributed by atoms with Gasteiger partial charge in [0.2, 0.25) is 0 Å². The van der Waals surface area contributed by atoms with Gasteiger partial charge in [0.25, 0.3) is 0 Å². The Labute approximate surface area is 141 Å². The maximum absolute atomic E-state index is 9.66. The molecule has 0 unspecified atom stereocenters. The lowest BCUT2D eigenvalue weighted by Crippen LogP contribution is -1.98. The number of hydrogen-bond donors (Lipinski definition) is 1. The summed E-state index contributed by atoms with van der Waals surface area (Å²) in [7, 11) is 0. The second-order valence-electron chi connectivity index (χ2n) is 5.63. The number of phenolic OH excluding ortho intramolecular Hbond substituents is 1. The highest BCUT2D eigenvalue weighted by molar-refractivity contribution is 5.90. The lowest BCUT2D eigenvalue weighted by molar-refractivity contribution is 0.475. The van der Waals surface area contributed by atoms with E-state index in [2.05, 4.69) is 20.2 Å². The van der Waals surface area contributed by atoms with Gasteiger partial charge in [0, 0.05) is 5.56 Å². The summed E-state index contributed by atoms with van der Waals surface area (Å²) in [6, 6.07) is 16.7. The van der Waals surface area contributed by atoms with Crippen molar-refractivity contribution in [2.75, 3.05) is 0 Å². The summed E-state index contributed by atoms with van der Waals surface area (Å²) < 4.78 is 3.40. The zero-order valence-electron chi connectivity index (χ0n) is 13.0. The Morgan fingerprint density at radius 3 is 2.64 bits per heavy atom. The number of para-hydroxylation sites is 1. The molecule has 0 aliphatic carbocycles. The van der Waals surface area contributed by atoms with E-state index >= 15 is 0 Å². The molecule has 7 heteroatoms. The average Bonchev–Trinajstić information content (AvgIpc) is 3.26. The molecule has 0 aliphatic heterocycles. The Balaban J connectivity index is 1.72. The molecule has 5 aromatic rings. The normalized spacial score (nSPS) is 11.4. The summed E-state index contributed by atoms with van der Waals surface area (Å²) in [6.07, 6.45) is 3.36. The Hall–Kier alpha value is -3.74. The second-order valence-corrected chi connectivity index (χ2v) is 5.63. The molecule has 3 heterocycles. The Morgan fingerprint density at radius 1 is 0.920 bits per heavy atom. The van der Waals surface area contributed by atoms with E-state index in [0.29, 0.717) is 17.1 Å². The molecular formula is C18H12N6O. The van der Waals surface area contributed by atoms with Crippen molar-refractivity contribution in [3.8, 4) is 22.8 Å². The standard InChI is InChI=1S/C18H12N6O/c25-14-8-4-5-12(9-14)16-21-18-15-10-20-24(13-6-2-1-3-7-13)17(15)19-11-23(18)22-16/h1-11,25H. The van der Waals surface area contributed by atoms with Crippen molar-refractivity contribution in [2.24, 2.45) is 0 Å². The summed E-state index contributed by atoms with van der Waals surface area (Å²) in [5.74, 6) is 0.703. The zero-order valence-corrected chi connectivity index (χ0v) is 13.0. The minimum Gasteiger partial charge on any atom is -0.508 e. The molecule has 0 radical (unpaired) electrons. The van der Waals surface area contributed by atoms with Gasteiger partial charge in [0.1, 0.15) is 12.1 Å². The highest BCUT2D eigenvalue weighted by atomic mass is 16.3.